The molecule has 4 rings (SSSR count). The van der Waals surface area contributed by atoms with Crippen LogP contribution in [0.15, 0.2) is 84.9 Å². The summed E-state index contributed by atoms with van der Waals surface area (Å²) in [7, 11) is 0. The van der Waals surface area contributed by atoms with Crippen LogP contribution in [0.25, 0.3) is 22.3 Å². The first-order valence-electron chi connectivity index (χ1n) is 10.3. The number of halogens is 3. The van der Waals surface area contributed by atoms with Gasteiger partial charge in [-0.25, -0.2) is 0 Å². The van der Waals surface area contributed by atoms with Crippen LogP contribution in [0.4, 0.5) is 0 Å². The fourth-order valence-corrected chi connectivity index (χ4v) is 4.18. The Bertz CT molecular complexity index is 1110. The van der Waals surface area contributed by atoms with Crippen LogP contribution < -0.4 is 0 Å². The van der Waals surface area contributed by atoms with Gasteiger partial charge in [0, 0.05) is 15.9 Å². The highest BCUT2D eigenvalue weighted by Gasteiger charge is 2.04. The van der Waals surface area contributed by atoms with Crippen molar-refractivity contribution in [1.29, 1.82) is 0 Å². The molecule has 0 aliphatic carbocycles. The summed E-state index contributed by atoms with van der Waals surface area (Å²) in [5, 5.41) is 10.6. The number of benzene rings is 4. The van der Waals surface area contributed by atoms with Crippen LogP contribution in [-0.2, 0) is 12.5 Å². The predicted molar refractivity (Wildman–Crippen MR) is 139 cm³/mol. The molecule has 0 spiro atoms. The highest BCUT2D eigenvalue weighted by atomic mass is 35.5. The molecule has 4 heteroatoms. The van der Waals surface area contributed by atoms with Gasteiger partial charge in [-0.3, -0.25) is 0 Å². The van der Waals surface area contributed by atoms with E-state index < -0.39 is 0 Å². The van der Waals surface area contributed by atoms with E-state index in [0.29, 0.717) is 5.88 Å². The molecule has 1 N–H and O–H groups in total. The lowest BCUT2D eigenvalue weighted by Crippen LogP contribution is -1.86. The average molecular weight is 484 g/mol. The molecule has 4 aromatic carbocycles. The zero-order valence-electron chi connectivity index (χ0n) is 18.1. The van der Waals surface area contributed by atoms with Crippen molar-refractivity contribution in [2.24, 2.45) is 0 Å². The van der Waals surface area contributed by atoms with E-state index in [0.717, 1.165) is 37.9 Å². The largest absolute Gasteiger partial charge is 0.392 e. The molecule has 0 saturated heterocycles. The molecule has 0 bridgehead atoms. The van der Waals surface area contributed by atoms with Crippen LogP contribution >= 0.6 is 34.8 Å². The molecule has 0 atom stereocenters. The summed E-state index contributed by atoms with van der Waals surface area (Å²) in [4.78, 5) is 0. The number of aliphatic hydroxyl groups excluding tert-OH is 1. The minimum Gasteiger partial charge on any atom is -0.392 e. The Morgan fingerprint density at radius 1 is 0.625 bits per heavy atom. The first-order valence-corrected chi connectivity index (χ1v) is 11.6. The first-order chi connectivity index (χ1) is 15.4. The van der Waals surface area contributed by atoms with E-state index in [9.17, 15) is 0 Å². The number of aryl methyl sites for hydroxylation is 2. The molecule has 0 aromatic heterocycles. The van der Waals surface area contributed by atoms with Gasteiger partial charge in [0.1, 0.15) is 0 Å². The number of hydrogen-bond donors (Lipinski definition) is 1. The summed E-state index contributed by atoms with van der Waals surface area (Å²) in [5.74, 6) is 0.542. The third-order valence-electron chi connectivity index (χ3n) is 5.19. The summed E-state index contributed by atoms with van der Waals surface area (Å²) < 4.78 is 0. The highest BCUT2D eigenvalue weighted by molar-refractivity contribution is 6.31. The highest BCUT2D eigenvalue weighted by Crippen LogP contribution is 2.28. The number of hydrogen-bond acceptors (Lipinski definition) is 1. The van der Waals surface area contributed by atoms with Gasteiger partial charge >= 0.3 is 0 Å². The van der Waals surface area contributed by atoms with E-state index in [-0.39, 0.29) is 6.61 Å². The topological polar surface area (TPSA) is 20.2 Å². The monoisotopic (exact) mass is 482 g/mol. The maximum absolute atomic E-state index is 9.10. The van der Waals surface area contributed by atoms with Gasteiger partial charge in [0.2, 0.25) is 0 Å². The molecule has 4 aromatic rings. The van der Waals surface area contributed by atoms with E-state index in [2.05, 4.69) is 19.1 Å². The average Bonchev–Trinajstić information content (AvgIpc) is 2.79. The van der Waals surface area contributed by atoms with Crippen LogP contribution in [0, 0.1) is 13.8 Å². The fourth-order valence-electron chi connectivity index (χ4n) is 3.56. The summed E-state index contributed by atoms with van der Waals surface area (Å²) >= 11 is 17.7. The van der Waals surface area contributed by atoms with Crippen molar-refractivity contribution >= 4 is 34.8 Å². The number of alkyl halides is 1. The summed E-state index contributed by atoms with van der Waals surface area (Å²) in [5.41, 5.74) is 9.03. The molecule has 0 aliphatic rings. The maximum atomic E-state index is 9.10. The Morgan fingerprint density at radius 2 is 1.09 bits per heavy atom. The van der Waals surface area contributed by atoms with Gasteiger partial charge in [-0.1, -0.05) is 71.7 Å². The van der Waals surface area contributed by atoms with Crippen molar-refractivity contribution in [3.8, 4) is 22.3 Å². The van der Waals surface area contributed by atoms with E-state index in [4.69, 9.17) is 39.9 Å². The smallest absolute Gasteiger partial charge is 0.0682 e. The molecule has 0 saturated carbocycles. The minimum absolute atomic E-state index is 0.0699. The molecular weight excluding hydrogens is 459 g/mol. The number of aliphatic hydroxyl groups is 1. The van der Waals surface area contributed by atoms with Crippen LogP contribution in [0.5, 0.6) is 0 Å². The lowest BCUT2D eigenvalue weighted by molar-refractivity contribution is 0.282. The Kier molecular flexibility index (Phi) is 8.78. The van der Waals surface area contributed by atoms with E-state index in [1.807, 2.05) is 79.7 Å². The molecule has 0 fully saturated rings. The Hall–Kier alpha value is -2.29. The maximum Gasteiger partial charge on any atom is 0.0682 e. The molecule has 0 aliphatic heterocycles. The van der Waals surface area contributed by atoms with E-state index in [1.54, 1.807) is 0 Å². The Morgan fingerprint density at radius 3 is 1.53 bits per heavy atom. The zero-order chi connectivity index (χ0) is 23.1. The van der Waals surface area contributed by atoms with Gasteiger partial charge in [0.15, 0.2) is 0 Å². The molecule has 0 amide bonds. The normalized spacial score (nSPS) is 10.4. The summed E-state index contributed by atoms with van der Waals surface area (Å²) in [6.07, 6.45) is 0. The second-order valence-corrected chi connectivity index (χ2v) is 8.75. The third-order valence-corrected chi connectivity index (χ3v) is 5.97. The van der Waals surface area contributed by atoms with Crippen LogP contribution in [-0.4, -0.2) is 5.11 Å². The van der Waals surface area contributed by atoms with Gasteiger partial charge in [-0.15, -0.1) is 11.6 Å². The van der Waals surface area contributed by atoms with Crippen LogP contribution in [0.3, 0.4) is 0 Å². The molecule has 0 heterocycles. The van der Waals surface area contributed by atoms with Gasteiger partial charge < -0.3 is 5.11 Å². The Labute approximate surface area is 205 Å². The molecule has 0 unspecified atom stereocenters. The quantitative estimate of drug-likeness (QED) is 0.287. The Balaban J connectivity index is 0.000000181. The van der Waals surface area contributed by atoms with Crippen LogP contribution in [0.2, 0.25) is 10.0 Å². The second kappa shape index (κ2) is 11.5. The van der Waals surface area contributed by atoms with Crippen molar-refractivity contribution in [3.05, 3.63) is 117 Å². The van der Waals surface area contributed by atoms with Crippen molar-refractivity contribution in [2.75, 3.05) is 0 Å². The molecular formula is C28H25Cl3O. The van der Waals surface area contributed by atoms with Crippen molar-refractivity contribution in [3.63, 3.8) is 0 Å². The summed E-state index contributed by atoms with van der Waals surface area (Å²) in [6.45, 7) is 4.17. The second-order valence-electron chi connectivity index (χ2n) is 7.61. The minimum atomic E-state index is 0.0699. The van der Waals surface area contributed by atoms with Crippen molar-refractivity contribution in [1.82, 2.24) is 0 Å². The summed E-state index contributed by atoms with van der Waals surface area (Å²) in [6, 6.07) is 27.9. The zero-order valence-corrected chi connectivity index (χ0v) is 20.3. The molecule has 0 radical (unpaired) electrons. The third kappa shape index (κ3) is 6.37. The lowest BCUT2D eigenvalue weighted by Gasteiger charge is -2.07. The van der Waals surface area contributed by atoms with Crippen molar-refractivity contribution in [2.45, 2.75) is 26.3 Å². The van der Waals surface area contributed by atoms with Gasteiger partial charge in [0.25, 0.3) is 0 Å². The lowest BCUT2D eigenvalue weighted by atomic mass is 9.99. The standard InChI is InChI=1S/C14H12Cl2.C14H13ClO/c1-10-7-13(16)5-6-14(10)12-4-2-3-11(8-12)9-15;1-10-7-13(15)5-6-14(10)12-4-2-3-11(8-12)9-16/h2-8H,9H2,1H3;2-8,16H,9H2,1H3. The number of rotatable bonds is 4. The fraction of sp³-hybridized carbons (Fsp3) is 0.143. The van der Waals surface area contributed by atoms with Crippen LogP contribution in [0.1, 0.15) is 22.3 Å². The SMILES string of the molecule is Cc1cc(Cl)ccc1-c1cccc(CCl)c1.Cc1cc(Cl)ccc1-c1cccc(CO)c1. The van der Waals surface area contributed by atoms with Gasteiger partial charge in [-0.2, -0.15) is 0 Å². The van der Waals surface area contributed by atoms with Gasteiger partial charge in [-0.05, 0) is 94.8 Å². The van der Waals surface area contributed by atoms with Gasteiger partial charge in [0.05, 0.1) is 6.61 Å². The van der Waals surface area contributed by atoms with Crippen molar-refractivity contribution < 1.29 is 5.11 Å². The molecule has 1 nitrogen and oxygen atoms in total. The predicted octanol–water partition coefficient (Wildman–Crippen LogP) is 8.86. The molecule has 164 valence electrons. The molecule has 32 heavy (non-hydrogen) atoms. The van der Waals surface area contributed by atoms with E-state index >= 15 is 0 Å². The van der Waals surface area contributed by atoms with E-state index in [1.165, 1.54) is 16.7 Å². The first kappa shape index (κ1) is 24.4.